The van der Waals surface area contributed by atoms with E-state index in [2.05, 4.69) is 9.55 Å². The molecule has 0 amide bonds. The zero-order valence-corrected chi connectivity index (χ0v) is 11.7. The third kappa shape index (κ3) is 2.56. The van der Waals surface area contributed by atoms with Gasteiger partial charge in [-0.05, 0) is 43.4 Å². The van der Waals surface area contributed by atoms with Gasteiger partial charge in [-0.15, -0.1) is 0 Å². The zero-order valence-electron chi connectivity index (χ0n) is 11.7. The molecule has 0 bridgehead atoms. The third-order valence-electron chi connectivity index (χ3n) is 3.95. The van der Waals surface area contributed by atoms with E-state index in [0.29, 0.717) is 6.61 Å². The highest BCUT2D eigenvalue weighted by Gasteiger charge is 2.20. The first-order valence-corrected chi connectivity index (χ1v) is 7.16. The van der Waals surface area contributed by atoms with Crippen LogP contribution in [-0.2, 0) is 13.0 Å². The summed E-state index contributed by atoms with van der Waals surface area (Å²) >= 11 is 0. The topological polar surface area (TPSA) is 47.3 Å². The average Bonchev–Trinajstić information content (AvgIpc) is 2.86. The number of aliphatic hydroxyl groups is 1. The smallest absolute Gasteiger partial charge is 0.122 e. The lowest BCUT2D eigenvalue weighted by Gasteiger charge is -2.23. The Morgan fingerprint density at radius 1 is 1.45 bits per heavy atom. The zero-order chi connectivity index (χ0) is 13.9. The molecule has 1 aliphatic rings. The van der Waals surface area contributed by atoms with Crippen LogP contribution in [0.25, 0.3) is 0 Å². The number of hydrogen-bond donors (Lipinski definition) is 1. The Labute approximate surface area is 119 Å². The van der Waals surface area contributed by atoms with Crippen molar-refractivity contribution in [1.29, 1.82) is 0 Å². The summed E-state index contributed by atoms with van der Waals surface area (Å²) < 4.78 is 7.99. The fourth-order valence-corrected chi connectivity index (χ4v) is 2.82. The molecule has 1 aromatic carbocycles. The van der Waals surface area contributed by atoms with E-state index in [0.717, 1.165) is 42.9 Å². The van der Waals surface area contributed by atoms with E-state index in [1.165, 1.54) is 5.56 Å². The molecular weight excluding hydrogens is 252 g/mol. The van der Waals surface area contributed by atoms with Gasteiger partial charge in [-0.3, -0.25) is 0 Å². The number of nitrogens with zero attached hydrogens (tertiary/aromatic N) is 2. The van der Waals surface area contributed by atoms with Crippen LogP contribution in [0.2, 0.25) is 0 Å². The second-order valence-corrected chi connectivity index (χ2v) is 5.25. The molecule has 20 heavy (non-hydrogen) atoms. The van der Waals surface area contributed by atoms with Gasteiger partial charge in [0.05, 0.1) is 12.6 Å². The molecule has 4 heteroatoms. The first-order chi connectivity index (χ1) is 9.75. The van der Waals surface area contributed by atoms with Gasteiger partial charge >= 0.3 is 0 Å². The van der Waals surface area contributed by atoms with Crippen molar-refractivity contribution in [3.05, 3.63) is 47.5 Å². The second-order valence-electron chi connectivity index (χ2n) is 5.25. The minimum atomic E-state index is -0.335. The number of imidazole rings is 1. The lowest BCUT2D eigenvalue weighted by atomic mass is 9.89. The summed E-state index contributed by atoms with van der Waals surface area (Å²) in [7, 11) is 0. The second kappa shape index (κ2) is 5.67. The van der Waals surface area contributed by atoms with Crippen molar-refractivity contribution in [2.75, 3.05) is 6.61 Å². The molecule has 1 aromatic heterocycles. The SMILES string of the molecule is Cc1nccn1CCOc1cccc2c1CCCC2O. The van der Waals surface area contributed by atoms with E-state index in [4.69, 9.17) is 4.74 Å². The molecule has 0 radical (unpaired) electrons. The number of hydrogen-bond acceptors (Lipinski definition) is 3. The average molecular weight is 272 g/mol. The first kappa shape index (κ1) is 13.2. The Kier molecular flexibility index (Phi) is 3.74. The molecule has 1 atom stereocenters. The maximum Gasteiger partial charge on any atom is 0.122 e. The lowest BCUT2D eigenvalue weighted by Crippen LogP contribution is -2.13. The van der Waals surface area contributed by atoms with Crippen molar-refractivity contribution in [1.82, 2.24) is 9.55 Å². The molecule has 0 fully saturated rings. The van der Waals surface area contributed by atoms with Gasteiger partial charge in [0.2, 0.25) is 0 Å². The van der Waals surface area contributed by atoms with Crippen molar-refractivity contribution in [2.45, 2.75) is 38.8 Å². The molecular formula is C16H20N2O2. The Morgan fingerprint density at radius 2 is 2.35 bits per heavy atom. The summed E-state index contributed by atoms with van der Waals surface area (Å²) in [6.45, 7) is 3.39. The molecule has 0 saturated heterocycles. The Bertz CT molecular complexity index is 592. The van der Waals surface area contributed by atoms with E-state index in [1.54, 1.807) is 6.20 Å². The first-order valence-electron chi connectivity index (χ1n) is 7.16. The monoisotopic (exact) mass is 272 g/mol. The molecule has 3 rings (SSSR count). The summed E-state index contributed by atoms with van der Waals surface area (Å²) in [6.07, 6.45) is 6.30. The Morgan fingerprint density at radius 3 is 3.15 bits per heavy atom. The Balaban J connectivity index is 1.69. The van der Waals surface area contributed by atoms with Gasteiger partial charge in [-0.1, -0.05) is 12.1 Å². The molecule has 106 valence electrons. The van der Waals surface area contributed by atoms with E-state index in [1.807, 2.05) is 31.3 Å². The van der Waals surface area contributed by atoms with E-state index < -0.39 is 0 Å². The van der Waals surface area contributed by atoms with Crippen molar-refractivity contribution in [3.8, 4) is 5.75 Å². The van der Waals surface area contributed by atoms with Crippen LogP contribution < -0.4 is 4.74 Å². The molecule has 2 aromatic rings. The normalized spacial score (nSPS) is 17.8. The fraction of sp³-hybridized carbons (Fsp3) is 0.438. The molecule has 0 aliphatic heterocycles. The van der Waals surface area contributed by atoms with Crippen molar-refractivity contribution in [2.24, 2.45) is 0 Å². The molecule has 0 spiro atoms. The van der Waals surface area contributed by atoms with Crippen LogP contribution in [-0.4, -0.2) is 21.3 Å². The fourth-order valence-electron chi connectivity index (χ4n) is 2.82. The van der Waals surface area contributed by atoms with Gasteiger partial charge in [0.25, 0.3) is 0 Å². The van der Waals surface area contributed by atoms with Gasteiger partial charge in [0.1, 0.15) is 18.2 Å². The highest BCUT2D eigenvalue weighted by Crippen LogP contribution is 2.35. The minimum absolute atomic E-state index is 0.335. The summed E-state index contributed by atoms with van der Waals surface area (Å²) in [5, 5.41) is 10.0. The van der Waals surface area contributed by atoms with E-state index in [-0.39, 0.29) is 6.10 Å². The number of aliphatic hydroxyl groups excluding tert-OH is 1. The van der Waals surface area contributed by atoms with Crippen LogP contribution in [0, 0.1) is 6.92 Å². The van der Waals surface area contributed by atoms with Gasteiger partial charge in [0, 0.05) is 12.4 Å². The summed E-state index contributed by atoms with van der Waals surface area (Å²) in [5.41, 5.74) is 2.21. The van der Waals surface area contributed by atoms with Crippen molar-refractivity contribution in [3.63, 3.8) is 0 Å². The number of ether oxygens (including phenoxy) is 1. The molecule has 1 N–H and O–H groups in total. The number of rotatable bonds is 4. The van der Waals surface area contributed by atoms with Gasteiger partial charge in [-0.25, -0.2) is 4.98 Å². The lowest BCUT2D eigenvalue weighted by molar-refractivity contribution is 0.155. The van der Waals surface area contributed by atoms with Crippen LogP contribution >= 0.6 is 0 Å². The summed E-state index contributed by atoms with van der Waals surface area (Å²) in [4.78, 5) is 4.20. The van der Waals surface area contributed by atoms with Gasteiger partial charge in [-0.2, -0.15) is 0 Å². The quantitative estimate of drug-likeness (QED) is 0.930. The van der Waals surface area contributed by atoms with E-state index in [9.17, 15) is 5.11 Å². The van der Waals surface area contributed by atoms with Crippen LogP contribution in [0.3, 0.4) is 0 Å². The number of aryl methyl sites for hydroxylation is 1. The third-order valence-corrected chi connectivity index (χ3v) is 3.95. The van der Waals surface area contributed by atoms with E-state index >= 15 is 0 Å². The molecule has 1 aliphatic carbocycles. The van der Waals surface area contributed by atoms with Gasteiger partial charge in [0.15, 0.2) is 0 Å². The molecule has 1 unspecified atom stereocenters. The molecule has 0 saturated carbocycles. The van der Waals surface area contributed by atoms with Crippen molar-refractivity contribution >= 4 is 0 Å². The minimum Gasteiger partial charge on any atom is -0.491 e. The van der Waals surface area contributed by atoms with Crippen LogP contribution in [0.1, 0.15) is 35.9 Å². The van der Waals surface area contributed by atoms with Crippen LogP contribution in [0.4, 0.5) is 0 Å². The summed E-state index contributed by atoms with van der Waals surface area (Å²) in [6, 6.07) is 5.97. The predicted molar refractivity (Wildman–Crippen MR) is 76.8 cm³/mol. The summed E-state index contributed by atoms with van der Waals surface area (Å²) in [5.74, 6) is 1.91. The maximum atomic E-state index is 10.0. The highest BCUT2D eigenvalue weighted by atomic mass is 16.5. The molecule has 1 heterocycles. The number of aromatic nitrogens is 2. The largest absolute Gasteiger partial charge is 0.491 e. The van der Waals surface area contributed by atoms with Crippen LogP contribution in [0.5, 0.6) is 5.75 Å². The van der Waals surface area contributed by atoms with Crippen LogP contribution in [0.15, 0.2) is 30.6 Å². The number of benzene rings is 1. The van der Waals surface area contributed by atoms with Crippen molar-refractivity contribution < 1.29 is 9.84 Å². The Hall–Kier alpha value is -1.81. The standard InChI is InChI=1S/C16H20N2O2/c1-12-17-8-9-18(12)10-11-20-16-7-3-4-13-14(16)5-2-6-15(13)19/h3-4,7-9,15,19H,2,5-6,10-11H2,1H3. The number of fused-ring (bicyclic) bond motifs is 1. The van der Waals surface area contributed by atoms with Gasteiger partial charge < -0.3 is 14.4 Å². The maximum absolute atomic E-state index is 10.0. The predicted octanol–water partition coefficient (Wildman–Crippen LogP) is 2.64. The highest BCUT2D eigenvalue weighted by molar-refractivity contribution is 5.42. The molecule has 4 nitrogen and oxygen atoms in total.